The summed E-state index contributed by atoms with van der Waals surface area (Å²) in [5, 5.41) is 2.83. The van der Waals surface area contributed by atoms with Gasteiger partial charge in [0.25, 0.3) is 5.91 Å². The first kappa shape index (κ1) is 26.1. The number of anilines is 1. The normalized spacial score (nSPS) is 13.5. The van der Waals surface area contributed by atoms with E-state index in [1.54, 1.807) is 6.08 Å². The standard InChI is InChI=1S/C23H18F2N2O.C6H15N/c1-12(2)21-13(3)26-20(22(21)16-9-8-14(24)10-18(16)25)11-17-15-6-4-5-7-19(15)27-23(17)28;1-4-7(5-2)6-3/h4-11,26H,1H2,2-3H3,(H,27,28);4-6H2,1-3H3/b17-11-;. The molecule has 4 nitrogen and oxygen atoms in total. The summed E-state index contributed by atoms with van der Waals surface area (Å²) in [6, 6.07) is 10.9. The second kappa shape index (κ2) is 11.3. The first-order valence-corrected chi connectivity index (χ1v) is 11.9. The highest BCUT2D eigenvalue weighted by Gasteiger charge is 2.26. The molecule has 184 valence electrons. The molecule has 1 aliphatic heterocycles. The number of carbonyl (C=O) groups excluding carboxylic acids is 1. The molecule has 0 atom stereocenters. The minimum atomic E-state index is -0.669. The lowest BCUT2D eigenvalue weighted by Crippen LogP contribution is -2.21. The first-order valence-electron chi connectivity index (χ1n) is 11.9. The third-order valence-corrected chi connectivity index (χ3v) is 6.18. The Morgan fingerprint density at radius 3 is 2.26 bits per heavy atom. The van der Waals surface area contributed by atoms with E-state index in [0.717, 1.165) is 34.1 Å². The van der Waals surface area contributed by atoms with Crippen LogP contribution in [0.5, 0.6) is 0 Å². The Bertz CT molecular complexity index is 1260. The molecule has 2 heterocycles. The van der Waals surface area contributed by atoms with Gasteiger partial charge in [0.05, 0.1) is 5.57 Å². The molecular formula is C29H33F2N3O. The number of allylic oxidation sites excluding steroid dienone is 1. The zero-order chi connectivity index (χ0) is 25.7. The molecule has 0 fully saturated rings. The van der Waals surface area contributed by atoms with Gasteiger partial charge in [-0.3, -0.25) is 4.79 Å². The number of halogens is 2. The Morgan fingerprint density at radius 2 is 1.69 bits per heavy atom. The van der Waals surface area contributed by atoms with E-state index in [0.29, 0.717) is 16.8 Å². The van der Waals surface area contributed by atoms with Gasteiger partial charge in [-0.2, -0.15) is 0 Å². The number of hydrogen-bond acceptors (Lipinski definition) is 2. The third-order valence-electron chi connectivity index (χ3n) is 6.18. The van der Waals surface area contributed by atoms with Crippen LogP contribution in [0.1, 0.15) is 50.2 Å². The topological polar surface area (TPSA) is 48.1 Å². The molecule has 0 spiro atoms. The Balaban J connectivity index is 0.000000429. The molecule has 3 aromatic rings. The van der Waals surface area contributed by atoms with Crippen LogP contribution in [0.4, 0.5) is 14.5 Å². The molecule has 0 aliphatic carbocycles. The smallest absolute Gasteiger partial charge is 0.256 e. The van der Waals surface area contributed by atoms with Gasteiger partial charge in [-0.1, -0.05) is 45.5 Å². The molecular weight excluding hydrogens is 444 g/mol. The molecule has 2 aromatic carbocycles. The molecule has 2 N–H and O–H groups in total. The van der Waals surface area contributed by atoms with Gasteiger partial charge in [0.1, 0.15) is 11.6 Å². The Kier molecular flexibility index (Phi) is 8.41. The number of hydrogen-bond donors (Lipinski definition) is 2. The van der Waals surface area contributed by atoms with Crippen LogP contribution >= 0.6 is 0 Å². The summed E-state index contributed by atoms with van der Waals surface area (Å²) in [4.78, 5) is 18.1. The largest absolute Gasteiger partial charge is 0.358 e. The van der Waals surface area contributed by atoms with E-state index in [4.69, 9.17) is 0 Å². The van der Waals surface area contributed by atoms with Crippen molar-refractivity contribution in [2.75, 3.05) is 25.0 Å². The van der Waals surface area contributed by atoms with E-state index in [1.165, 1.54) is 31.8 Å². The quantitative estimate of drug-likeness (QED) is 0.371. The maximum absolute atomic E-state index is 14.6. The molecule has 0 saturated carbocycles. The first-order chi connectivity index (χ1) is 16.7. The zero-order valence-electron chi connectivity index (χ0n) is 21.1. The summed E-state index contributed by atoms with van der Waals surface area (Å²) in [7, 11) is 0. The summed E-state index contributed by atoms with van der Waals surface area (Å²) >= 11 is 0. The van der Waals surface area contributed by atoms with Gasteiger partial charge in [0.15, 0.2) is 0 Å². The second-order valence-electron chi connectivity index (χ2n) is 8.50. The molecule has 0 bridgehead atoms. The number of fused-ring (bicyclic) bond motifs is 1. The molecule has 1 aliphatic rings. The number of H-pyrrole nitrogens is 1. The molecule has 1 amide bonds. The zero-order valence-corrected chi connectivity index (χ0v) is 21.1. The highest BCUT2D eigenvalue weighted by Crippen LogP contribution is 2.39. The molecule has 35 heavy (non-hydrogen) atoms. The molecule has 6 heteroatoms. The van der Waals surface area contributed by atoms with Crippen molar-refractivity contribution < 1.29 is 13.6 Å². The van der Waals surface area contributed by atoms with Gasteiger partial charge in [0, 0.05) is 45.4 Å². The average Bonchev–Trinajstić information content (AvgIpc) is 3.31. The Hall–Kier alpha value is -3.51. The second-order valence-corrected chi connectivity index (χ2v) is 8.50. The fraction of sp³-hybridized carbons (Fsp3) is 0.276. The SMILES string of the molecule is C=C(C)c1c(C)[nH]c(/C=C2\C(=O)Nc3ccccc32)c1-c1ccc(F)cc1F.CCN(CC)CC. The van der Waals surface area contributed by atoms with E-state index in [1.807, 2.05) is 38.1 Å². The average molecular weight is 478 g/mol. The van der Waals surface area contributed by atoms with E-state index in [2.05, 4.69) is 42.6 Å². The number of nitrogens with zero attached hydrogens (tertiary/aromatic N) is 1. The Labute approximate surface area is 206 Å². The van der Waals surface area contributed by atoms with Crippen LogP contribution in [0.2, 0.25) is 0 Å². The van der Waals surface area contributed by atoms with Gasteiger partial charge in [-0.15, -0.1) is 0 Å². The predicted molar refractivity (Wildman–Crippen MR) is 142 cm³/mol. The van der Waals surface area contributed by atoms with Crippen LogP contribution in [0.3, 0.4) is 0 Å². The van der Waals surface area contributed by atoms with E-state index in [-0.39, 0.29) is 11.5 Å². The van der Waals surface area contributed by atoms with Crippen LogP contribution in [0, 0.1) is 18.6 Å². The van der Waals surface area contributed by atoms with Crippen molar-refractivity contribution in [3.05, 3.63) is 83.2 Å². The van der Waals surface area contributed by atoms with E-state index >= 15 is 0 Å². The minimum absolute atomic E-state index is 0.226. The van der Waals surface area contributed by atoms with Crippen LogP contribution in [-0.4, -0.2) is 35.4 Å². The molecule has 1 aromatic heterocycles. The van der Waals surface area contributed by atoms with Crippen molar-refractivity contribution >= 4 is 28.8 Å². The lowest BCUT2D eigenvalue weighted by atomic mass is 9.94. The summed E-state index contributed by atoms with van der Waals surface area (Å²) in [6.45, 7) is 17.8. The van der Waals surface area contributed by atoms with Crippen LogP contribution < -0.4 is 5.32 Å². The van der Waals surface area contributed by atoms with Gasteiger partial charge < -0.3 is 15.2 Å². The van der Waals surface area contributed by atoms with Gasteiger partial charge >= 0.3 is 0 Å². The summed E-state index contributed by atoms with van der Waals surface area (Å²) in [5.41, 5.74) is 5.67. The van der Waals surface area contributed by atoms with Crippen LogP contribution in [0.15, 0.2) is 49.0 Å². The van der Waals surface area contributed by atoms with Gasteiger partial charge in [0.2, 0.25) is 0 Å². The van der Waals surface area contributed by atoms with Crippen molar-refractivity contribution in [1.82, 2.24) is 9.88 Å². The lowest BCUT2D eigenvalue weighted by molar-refractivity contribution is -0.110. The van der Waals surface area contributed by atoms with E-state index < -0.39 is 11.6 Å². The summed E-state index contributed by atoms with van der Waals surface area (Å²) in [6.07, 6.45) is 1.71. The van der Waals surface area contributed by atoms with Crippen LogP contribution in [0.25, 0.3) is 28.3 Å². The molecule has 0 unspecified atom stereocenters. The minimum Gasteiger partial charge on any atom is -0.358 e. The number of carbonyl (C=O) groups is 1. The van der Waals surface area contributed by atoms with Crippen LogP contribution in [-0.2, 0) is 4.79 Å². The lowest BCUT2D eigenvalue weighted by Gasteiger charge is -2.13. The van der Waals surface area contributed by atoms with Gasteiger partial charge in [-0.25, -0.2) is 8.78 Å². The molecule has 4 rings (SSSR count). The third kappa shape index (κ3) is 5.60. The molecule has 0 saturated heterocycles. The number of para-hydroxylation sites is 1. The number of aromatic amines is 1. The number of aromatic nitrogens is 1. The number of aryl methyl sites for hydroxylation is 1. The summed E-state index contributed by atoms with van der Waals surface area (Å²) < 4.78 is 28.1. The monoisotopic (exact) mass is 477 g/mol. The highest BCUT2D eigenvalue weighted by atomic mass is 19.1. The van der Waals surface area contributed by atoms with E-state index in [9.17, 15) is 13.6 Å². The molecule has 0 radical (unpaired) electrons. The Morgan fingerprint density at radius 1 is 1.03 bits per heavy atom. The number of amides is 1. The highest BCUT2D eigenvalue weighted by molar-refractivity contribution is 6.35. The fourth-order valence-corrected chi connectivity index (χ4v) is 4.36. The predicted octanol–water partition coefficient (Wildman–Crippen LogP) is 7.14. The maximum atomic E-state index is 14.6. The van der Waals surface area contributed by atoms with Crippen molar-refractivity contribution in [2.45, 2.75) is 34.6 Å². The van der Waals surface area contributed by atoms with Gasteiger partial charge in [-0.05, 0) is 63.3 Å². The van der Waals surface area contributed by atoms with Crippen molar-refractivity contribution in [2.24, 2.45) is 0 Å². The fourth-order valence-electron chi connectivity index (χ4n) is 4.36. The summed E-state index contributed by atoms with van der Waals surface area (Å²) in [5.74, 6) is -1.54. The van der Waals surface area contributed by atoms with Crippen molar-refractivity contribution in [3.8, 4) is 11.1 Å². The van der Waals surface area contributed by atoms with Crippen molar-refractivity contribution in [3.63, 3.8) is 0 Å². The maximum Gasteiger partial charge on any atom is 0.256 e. The number of benzene rings is 2. The van der Waals surface area contributed by atoms with Crippen molar-refractivity contribution in [1.29, 1.82) is 0 Å². The number of nitrogens with one attached hydrogen (secondary N) is 2. The number of rotatable bonds is 6.